The van der Waals surface area contributed by atoms with Crippen LogP contribution in [0.25, 0.3) is 0 Å². The fourth-order valence-electron chi connectivity index (χ4n) is 1.27. The van der Waals surface area contributed by atoms with E-state index in [-0.39, 0.29) is 0 Å². The molecule has 0 aliphatic heterocycles. The van der Waals surface area contributed by atoms with Gasteiger partial charge in [0.05, 0.1) is 0 Å². The molecule has 1 heteroatoms. The van der Waals surface area contributed by atoms with Gasteiger partial charge >= 0.3 is 0 Å². The molecule has 1 rings (SSSR count). The minimum absolute atomic E-state index is 0.720. The first-order chi connectivity index (χ1) is 5.11. The van der Waals surface area contributed by atoms with Crippen molar-refractivity contribution >= 4 is 0 Å². The molecule has 1 aliphatic rings. The quantitative estimate of drug-likeness (QED) is 0.556. The van der Waals surface area contributed by atoms with Crippen LogP contribution >= 0.6 is 0 Å². The summed E-state index contributed by atoms with van der Waals surface area (Å²) in [5.74, 6) is 0.720. The highest BCUT2D eigenvalue weighted by Gasteiger charge is 2.11. The third kappa shape index (κ3) is 1.86. The average Bonchev–Trinajstić information content (AvgIpc) is 1.94. The molecule has 0 aromatic heterocycles. The molecule has 0 saturated carbocycles. The van der Waals surface area contributed by atoms with E-state index in [9.17, 15) is 0 Å². The molecule has 0 bridgehead atoms. The van der Waals surface area contributed by atoms with E-state index in [1.54, 1.807) is 0 Å². The van der Waals surface area contributed by atoms with E-state index in [0.29, 0.717) is 0 Å². The summed E-state index contributed by atoms with van der Waals surface area (Å²) in [6.07, 6.45) is 5.63. The van der Waals surface area contributed by atoms with Crippen molar-refractivity contribution < 1.29 is 0 Å². The third-order valence-electron chi connectivity index (χ3n) is 2.41. The largest absolute Gasteiger partial charge is 0.381 e. The zero-order valence-electron chi connectivity index (χ0n) is 7.89. The Balaban J connectivity index is 2.73. The minimum atomic E-state index is 0.720. The summed E-state index contributed by atoms with van der Waals surface area (Å²) in [4.78, 5) is 2.19. The van der Waals surface area contributed by atoms with E-state index in [1.807, 2.05) is 0 Å². The van der Waals surface area contributed by atoms with Crippen molar-refractivity contribution in [3.8, 4) is 0 Å². The Kier molecular flexibility index (Phi) is 2.38. The summed E-state index contributed by atoms with van der Waals surface area (Å²) >= 11 is 0. The Hall–Kier alpha value is -0.720. The second kappa shape index (κ2) is 3.12. The van der Waals surface area contributed by atoms with E-state index < -0.39 is 0 Å². The summed E-state index contributed by atoms with van der Waals surface area (Å²) < 4.78 is 0. The summed E-state index contributed by atoms with van der Waals surface area (Å²) in [6, 6.07) is 0. The van der Waals surface area contributed by atoms with Gasteiger partial charge in [0.2, 0.25) is 0 Å². The highest BCUT2D eigenvalue weighted by Crippen LogP contribution is 2.24. The van der Waals surface area contributed by atoms with Gasteiger partial charge in [-0.15, -0.1) is 0 Å². The lowest BCUT2D eigenvalue weighted by atomic mass is 9.92. The van der Waals surface area contributed by atoms with Crippen molar-refractivity contribution in [2.24, 2.45) is 5.92 Å². The molecule has 0 heterocycles. The van der Waals surface area contributed by atoms with Crippen LogP contribution in [0.4, 0.5) is 0 Å². The van der Waals surface area contributed by atoms with Gasteiger partial charge in [0.15, 0.2) is 0 Å². The molecule has 1 nitrogen and oxygen atoms in total. The smallest absolute Gasteiger partial charge is 0.0133 e. The molecule has 0 aromatic rings. The van der Waals surface area contributed by atoms with Crippen molar-refractivity contribution in [2.45, 2.75) is 20.3 Å². The average molecular weight is 151 g/mol. The van der Waals surface area contributed by atoms with Crippen LogP contribution in [-0.2, 0) is 0 Å². The molecular weight excluding hydrogens is 134 g/mol. The van der Waals surface area contributed by atoms with Gasteiger partial charge < -0.3 is 4.90 Å². The number of hydrogen-bond donors (Lipinski definition) is 0. The molecule has 0 amide bonds. The summed E-state index contributed by atoms with van der Waals surface area (Å²) in [5, 5.41) is 0. The highest BCUT2D eigenvalue weighted by atomic mass is 15.1. The second-order valence-corrected chi connectivity index (χ2v) is 3.57. The van der Waals surface area contributed by atoms with Crippen molar-refractivity contribution in [3.05, 3.63) is 23.4 Å². The van der Waals surface area contributed by atoms with Gasteiger partial charge in [-0.3, -0.25) is 0 Å². The van der Waals surface area contributed by atoms with Crippen LogP contribution in [0.3, 0.4) is 0 Å². The molecular formula is C10H17N. The summed E-state index contributed by atoms with van der Waals surface area (Å²) in [7, 11) is 4.21. The molecule has 1 aliphatic carbocycles. The fourth-order valence-corrected chi connectivity index (χ4v) is 1.27. The second-order valence-electron chi connectivity index (χ2n) is 3.57. The Morgan fingerprint density at radius 1 is 1.36 bits per heavy atom. The van der Waals surface area contributed by atoms with Gasteiger partial charge in [-0.2, -0.15) is 0 Å². The molecule has 11 heavy (non-hydrogen) atoms. The lowest BCUT2D eigenvalue weighted by Gasteiger charge is -2.24. The van der Waals surface area contributed by atoms with E-state index >= 15 is 0 Å². The number of rotatable bonds is 1. The molecule has 0 radical (unpaired) electrons. The zero-order chi connectivity index (χ0) is 8.43. The normalized spacial score (nSPS) is 24.2. The lowest BCUT2D eigenvalue weighted by Crippen LogP contribution is -2.16. The van der Waals surface area contributed by atoms with Gasteiger partial charge in [-0.05, 0) is 25.3 Å². The maximum Gasteiger partial charge on any atom is 0.0133 e. The van der Waals surface area contributed by atoms with Gasteiger partial charge in [-0.25, -0.2) is 0 Å². The third-order valence-corrected chi connectivity index (χ3v) is 2.41. The minimum Gasteiger partial charge on any atom is -0.381 e. The molecule has 0 spiro atoms. The fraction of sp³-hybridized carbons (Fsp3) is 0.600. The maximum atomic E-state index is 2.28. The predicted molar refractivity (Wildman–Crippen MR) is 49.3 cm³/mol. The van der Waals surface area contributed by atoms with Crippen molar-refractivity contribution in [2.75, 3.05) is 14.1 Å². The van der Waals surface area contributed by atoms with E-state index in [1.165, 1.54) is 17.7 Å². The standard InChI is InChI=1S/C10H17N/c1-8-5-6-10(11(3)4)7-9(8)2/h5-6,9H,7H2,1-4H3. The van der Waals surface area contributed by atoms with Gasteiger partial charge in [0, 0.05) is 19.8 Å². The molecule has 62 valence electrons. The van der Waals surface area contributed by atoms with Crippen molar-refractivity contribution in [1.82, 2.24) is 4.90 Å². The number of nitrogens with zero attached hydrogens (tertiary/aromatic N) is 1. The van der Waals surface area contributed by atoms with Gasteiger partial charge in [-0.1, -0.05) is 18.6 Å². The van der Waals surface area contributed by atoms with Crippen molar-refractivity contribution in [1.29, 1.82) is 0 Å². The summed E-state index contributed by atoms with van der Waals surface area (Å²) in [6.45, 7) is 4.48. The zero-order valence-corrected chi connectivity index (χ0v) is 7.89. The van der Waals surface area contributed by atoms with Crippen LogP contribution in [0.1, 0.15) is 20.3 Å². The van der Waals surface area contributed by atoms with E-state index in [4.69, 9.17) is 0 Å². The lowest BCUT2D eigenvalue weighted by molar-refractivity contribution is 0.454. The highest BCUT2D eigenvalue weighted by molar-refractivity contribution is 5.23. The molecule has 0 aromatic carbocycles. The first-order valence-electron chi connectivity index (χ1n) is 4.16. The van der Waals surface area contributed by atoms with Crippen LogP contribution in [0.5, 0.6) is 0 Å². The van der Waals surface area contributed by atoms with Gasteiger partial charge in [0.1, 0.15) is 0 Å². The van der Waals surface area contributed by atoms with Crippen LogP contribution in [0.15, 0.2) is 23.4 Å². The van der Waals surface area contributed by atoms with E-state index in [2.05, 4.69) is 45.0 Å². The molecule has 1 atom stereocenters. The summed E-state index contributed by atoms with van der Waals surface area (Å²) in [5.41, 5.74) is 2.93. The first-order valence-corrected chi connectivity index (χ1v) is 4.16. The Labute approximate surface area is 69.4 Å². The Morgan fingerprint density at radius 3 is 2.45 bits per heavy atom. The molecule has 0 saturated heterocycles. The first kappa shape index (κ1) is 8.38. The number of allylic oxidation sites excluding steroid dienone is 4. The van der Waals surface area contributed by atoms with Crippen LogP contribution in [0, 0.1) is 5.92 Å². The van der Waals surface area contributed by atoms with Crippen molar-refractivity contribution in [3.63, 3.8) is 0 Å². The predicted octanol–water partition coefficient (Wildman–Crippen LogP) is 2.42. The molecule has 0 N–H and O–H groups in total. The molecule has 1 unspecified atom stereocenters. The maximum absolute atomic E-state index is 2.28. The topological polar surface area (TPSA) is 3.24 Å². The van der Waals surface area contributed by atoms with Crippen LogP contribution in [0.2, 0.25) is 0 Å². The molecule has 0 fully saturated rings. The van der Waals surface area contributed by atoms with Crippen LogP contribution < -0.4 is 0 Å². The Morgan fingerprint density at radius 2 is 2.00 bits per heavy atom. The van der Waals surface area contributed by atoms with Gasteiger partial charge in [0.25, 0.3) is 0 Å². The van der Waals surface area contributed by atoms with E-state index in [0.717, 1.165) is 5.92 Å². The monoisotopic (exact) mass is 151 g/mol. The SMILES string of the molecule is CC1=CC=C(N(C)C)CC1C. The number of hydrogen-bond acceptors (Lipinski definition) is 1. The Bertz CT molecular complexity index is 199. The van der Waals surface area contributed by atoms with Crippen LogP contribution in [-0.4, -0.2) is 19.0 Å².